The molecular formula is C18H16BrClN4OS. The molecular weight excluding hydrogens is 436 g/mol. The maximum absolute atomic E-state index is 12.2. The van der Waals surface area contributed by atoms with Gasteiger partial charge in [0, 0.05) is 15.2 Å². The Labute approximate surface area is 169 Å². The Balaban J connectivity index is 1.66. The summed E-state index contributed by atoms with van der Waals surface area (Å²) in [5, 5.41) is 12.2. The van der Waals surface area contributed by atoms with E-state index >= 15 is 0 Å². The van der Waals surface area contributed by atoms with Crippen LogP contribution in [0, 0.1) is 13.8 Å². The molecule has 0 aliphatic carbocycles. The van der Waals surface area contributed by atoms with Crippen molar-refractivity contribution in [3.05, 3.63) is 63.3 Å². The molecule has 2 aromatic carbocycles. The van der Waals surface area contributed by atoms with Gasteiger partial charge in [0.15, 0.2) is 5.16 Å². The van der Waals surface area contributed by atoms with Gasteiger partial charge in [0.2, 0.25) is 5.91 Å². The summed E-state index contributed by atoms with van der Waals surface area (Å²) in [7, 11) is 0. The van der Waals surface area contributed by atoms with Gasteiger partial charge in [-0.25, -0.2) is 0 Å². The van der Waals surface area contributed by atoms with Crippen LogP contribution >= 0.6 is 39.3 Å². The van der Waals surface area contributed by atoms with E-state index in [1.165, 1.54) is 11.8 Å². The number of nitrogens with one attached hydrogen (secondary N) is 1. The molecule has 8 heteroatoms. The summed E-state index contributed by atoms with van der Waals surface area (Å²) in [6, 6.07) is 11.4. The van der Waals surface area contributed by atoms with Crippen molar-refractivity contribution in [2.24, 2.45) is 0 Å². The fourth-order valence-electron chi connectivity index (χ4n) is 2.23. The van der Waals surface area contributed by atoms with Crippen molar-refractivity contribution in [3.8, 4) is 5.69 Å². The number of carbonyl (C=O) groups excluding carboxylic acids is 1. The smallest absolute Gasteiger partial charge is 0.234 e. The summed E-state index contributed by atoms with van der Waals surface area (Å²) in [4.78, 5) is 12.2. The van der Waals surface area contributed by atoms with Crippen molar-refractivity contribution in [1.82, 2.24) is 14.8 Å². The van der Waals surface area contributed by atoms with Gasteiger partial charge in [0.25, 0.3) is 0 Å². The highest BCUT2D eigenvalue weighted by molar-refractivity contribution is 9.10. The number of nitrogens with zero attached hydrogens (tertiary/aromatic N) is 3. The number of carbonyl (C=O) groups is 1. The first kappa shape index (κ1) is 18.9. The normalized spacial score (nSPS) is 10.8. The molecule has 0 aliphatic heterocycles. The molecule has 3 aromatic rings. The monoisotopic (exact) mass is 450 g/mol. The van der Waals surface area contributed by atoms with E-state index < -0.39 is 0 Å². The van der Waals surface area contributed by atoms with Crippen LogP contribution < -0.4 is 5.32 Å². The molecule has 1 N–H and O–H groups in total. The van der Waals surface area contributed by atoms with Gasteiger partial charge >= 0.3 is 0 Å². The SMILES string of the molecule is Cc1ccc(-n2cnnc2SCC(=O)Nc2ccc(C)c(Br)c2)cc1Cl. The van der Waals surface area contributed by atoms with E-state index in [-0.39, 0.29) is 11.7 Å². The van der Waals surface area contributed by atoms with Gasteiger partial charge in [0.05, 0.1) is 11.4 Å². The number of amides is 1. The van der Waals surface area contributed by atoms with Crippen molar-refractivity contribution in [2.45, 2.75) is 19.0 Å². The van der Waals surface area contributed by atoms with Crippen LogP contribution in [0.15, 0.2) is 52.4 Å². The highest BCUT2D eigenvalue weighted by Crippen LogP contribution is 2.24. The van der Waals surface area contributed by atoms with Crippen LogP contribution in [-0.4, -0.2) is 26.4 Å². The summed E-state index contributed by atoms with van der Waals surface area (Å²) in [6.07, 6.45) is 1.61. The molecule has 26 heavy (non-hydrogen) atoms. The number of halogens is 2. The summed E-state index contributed by atoms with van der Waals surface area (Å²) < 4.78 is 2.77. The second-order valence-electron chi connectivity index (χ2n) is 5.72. The third kappa shape index (κ3) is 4.47. The van der Waals surface area contributed by atoms with Crippen molar-refractivity contribution in [2.75, 3.05) is 11.1 Å². The summed E-state index contributed by atoms with van der Waals surface area (Å²) in [6.45, 7) is 3.94. The fourth-order valence-corrected chi connectivity index (χ4v) is 3.51. The zero-order valence-corrected chi connectivity index (χ0v) is 17.3. The van der Waals surface area contributed by atoms with Crippen molar-refractivity contribution < 1.29 is 4.79 Å². The number of rotatable bonds is 5. The Bertz CT molecular complexity index is 960. The van der Waals surface area contributed by atoms with Crippen LogP contribution in [0.1, 0.15) is 11.1 Å². The molecule has 0 unspecified atom stereocenters. The minimum absolute atomic E-state index is 0.109. The maximum Gasteiger partial charge on any atom is 0.234 e. The standard InChI is InChI=1S/C18H16BrClN4OS/c1-11-3-5-13(7-15(11)19)22-17(25)9-26-18-23-21-10-24(18)14-6-4-12(2)16(20)8-14/h3-8,10H,9H2,1-2H3,(H,22,25). The molecule has 1 aromatic heterocycles. The van der Waals surface area contributed by atoms with Gasteiger partial charge in [0.1, 0.15) is 6.33 Å². The highest BCUT2D eigenvalue weighted by Gasteiger charge is 2.11. The molecule has 0 saturated carbocycles. The van der Waals surface area contributed by atoms with Gasteiger partial charge in [-0.2, -0.15) is 0 Å². The van der Waals surface area contributed by atoms with Gasteiger partial charge < -0.3 is 5.32 Å². The first-order valence-electron chi connectivity index (χ1n) is 7.79. The molecule has 0 atom stereocenters. The molecule has 0 spiro atoms. The van der Waals surface area contributed by atoms with Crippen LogP contribution in [0.4, 0.5) is 5.69 Å². The third-order valence-corrected chi connectivity index (χ3v) is 5.94. The van der Waals surface area contributed by atoms with Gasteiger partial charge in [-0.1, -0.05) is 51.4 Å². The Morgan fingerprint density at radius 3 is 2.73 bits per heavy atom. The Hall–Kier alpha value is -1.83. The largest absolute Gasteiger partial charge is 0.325 e. The van der Waals surface area contributed by atoms with Gasteiger partial charge in [-0.3, -0.25) is 9.36 Å². The van der Waals surface area contributed by atoms with E-state index in [2.05, 4.69) is 31.4 Å². The molecule has 0 fully saturated rings. The molecule has 1 heterocycles. The quantitative estimate of drug-likeness (QED) is 0.553. The number of hydrogen-bond donors (Lipinski definition) is 1. The number of hydrogen-bond acceptors (Lipinski definition) is 4. The maximum atomic E-state index is 12.2. The van der Waals surface area contributed by atoms with Crippen molar-refractivity contribution >= 4 is 50.9 Å². The Morgan fingerprint density at radius 1 is 1.23 bits per heavy atom. The number of benzene rings is 2. The molecule has 5 nitrogen and oxygen atoms in total. The fraction of sp³-hybridized carbons (Fsp3) is 0.167. The first-order chi connectivity index (χ1) is 12.4. The molecule has 1 amide bonds. The molecule has 0 bridgehead atoms. The lowest BCUT2D eigenvalue weighted by molar-refractivity contribution is -0.113. The van der Waals surface area contributed by atoms with E-state index in [1.807, 2.05) is 54.8 Å². The number of aromatic nitrogens is 3. The van der Waals surface area contributed by atoms with Crippen LogP contribution in [0.2, 0.25) is 5.02 Å². The Kier molecular flexibility index (Phi) is 6.01. The van der Waals surface area contributed by atoms with E-state index in [0.717, 1.165) is 27.0 Å². The summed E-state index contributed by atoms with van der Waals surface area (Å²) >= 11 is 11.0. The van der Waals surface area contributed by atoms with Crippen LogP contribution in [0.3, 0.4) is 0 Å². The van der Waals surface area contributed by atoms with Crippen LogP contribution in [-0.2, 0) is 4.79 Å². The predicted octanol–water partition coefficient (Wildman–Crippen LogP) is 5.03. The summed E-state index contributed by atoms with van der Waals surface area (Å²) in [5.41, 5.74) is 3.72. The molecule has 0 radical (unpaired) electrons. The van der Waals surface area contributed by atoms with E-state index in [9.17, 15) is 4.79 Å². The Morgan fingerprint density at radius 2 is 2.00 bits per heavy atom. The van der Waals surface area contributed by atoms with E-state index in [4.69, 9.17) is 11.6 Å². The molecule has 134 valence electrons. The van der Waals surface area contributed by atoms with Gasteiger partial charge in [-0.05, 0) is 49.2 Å². The average Bonchev–Trinajstić information content (AvgIpc) is 3.07. The summed E-state index contributed by atoms with van der Waals surface area (Å²) in [5.74, 6) is 0.117. The minimum atomic E-state index is -0.109. The minimum Gasteiger partial charge on any atom is -0.325 e. The number of anilines is 1. The van der Waals surface area contributed by atoms with Crippen molar-refractivity contribution in [1.29, 1.82) is 0 Å². The lowest BCUT2D eigenvalue weighted by Crippen LogP contribution is -2.14. The topological polar surface area (TPSA) is 59.8 Å². The van der Waals surface area contributed by atoms with Crippen molar-refractivity contribution in [3.63, 3.8) is 0 Å². The zero-order chi connectivity index (χ0) is 18.7. The molecule has 3 rings (SSSR count). The highest BCUT2D eigenvalue weighted by atomic mass is 79.9. The lowest BCUT2D eigenvalue weighted by atomic mass is 10.2. The van der Waals surface area contributed by atoms with E-state index in [1.54, 1.807) is 6.33 Å². The predicted molar refractivity (Wildman–Crippen MR) is 109 cm³/mol. The van der Waals surface area contributed by atoms with Crippen LogP contribution in [0.25, 0.3) is 5.69 Å². The zero-order valence-electron chi connectivity index (χ0n) is 14.2. The second-order valence-corrected chi connectivity index (χ2v) is 7.92. The molecule has 0 aliphatic rings. The first-order valence-corrected chi connectivity index (χ1v) is 9.95. The number of thioether (sulfide) groups is 1. The lowest BCUT2D eigenvalue weighted by Gasteiger charge is -2.09. The van der Waals surface area contributed by atoms with Crippen LogP contribution in [0.5, 0.6) is 0 Å². The second kappa shape index (κ2) is 8.24. The van der Waals surface area contributed by atoms with E-state index in [0.29, 0.717) is 10.2 Å². The number of aryl methyl sites for hydroxylation is 2. The van der Waals surface area contributed by atoms with Gasteiger partial charge in [-0.15, -0.1) is 10.2 Å². The molecule has 0 saturated heterocycles. The average molecular weight is 452 g/mol. The third-order valence-electron chi connectivity index (χ3n) is 3.74.